The largest absolute Gasteiger partial charge is 0.365 e. The summed E-state index contributed by atoms with van der Waals surface area (Å²) in [5, 5.41) is 0. The van der Waals surface area contributed by atoms with Gasteiger partial charge in [0.25, 0.3) is 0 Å². The molecule has 0 unspecified atom stereocenters. The molecule has 37 heavy (non-hydrogen) atoms. The van der Waals surface area contributed by atoms with Crippen LogP contribution in [0, 0.1) is 6.92 Å². The van der Waals surface area contributed by atoms with Crippen molar-refractivity contribution in [1.82, 2.24) is 4.98 Å². The number of H-pyrrole nitrogens is 1. The van der Waals surface area contributed by atoms with Crippen LogP contribution in [0.4, 0.5) is 0 Å². The molecule has 1 N–H and O–H groups in total. The molecule has 0 amide bonds. The van der Waals surface area contributed by atoms with Gasteiger partial charge in [0, 0.05) is 35.4 Å². The third kappa shape index (κ3) is 4.39. The van der Waals surface area contributed by atoms with Crippen LogP contribution in [0.15, 0.2) is 133 Å². The van der Waals surface area contributed by atoms with Gasteiger partial charge >= 0.3 is 0 Å². The maximum Gasteiger partial charge on any atom is 0.0362 e. The number of aromatic amines is 1. The molecule has 0 radical (unpaired) electrons. The summed E-state index contributed by atoms with van der Waals surface area (Å²) in [6.07, 6.45) is 15.4. The molecule has 2 nitrogen and oxygen atoms in total. The second-order valence-corrected chi connectivity index (χ2v) is 9.45. The molecule has 1 aromatic heterocycles. The van der Waals surface area contributed by atoms with E-state index >= 15 is 0 Å². The van der Waals surface area contributed by atoms with Crippen LogP contribution in [0.3, 0.4) is 0 Å². The van der Waals surface area contributed by atoms with Gasteiger partial charge in [0.1, 0.15) is 0 Å². The highest BCUT2D eigenvalue weighted by Crippen LogP contribution is 2.37. The zero-order valence-electron chi connectivity index (χ0n) is 20.9. The standard InChI is InChI=1S/C35H28N2/c1-24(26-12-16-28(17-13-26)33-20-21-37-25(33)2)32-10-6-7-11-34(32)35(29-8-4-3-5-9-29)30-18-14-27(15-19-30)31-22-36-23-31/h3-8,10-23,37H,1,9H2,2H3/b35-29-. The van der Waals surface area contributed by atoms with E-state index in [0.717, 1.165) is 23.1 Å². The average Bonchev–Trinajstić information content (AvgIpc) is 3.35. The van der Waals surface area contributed by atoms with E-state index in [2.05, 4.69) is 127 Å². The summed E-state index contributed by atoms with van der Waals surface area (Å²) in [7, 11) is 0. The van der Waals surface area contributed by atoms with Crippen LogP contribution in [0.2, 0.25) is 0 Å². The molecule has 1 aliphatic heterocycles. The van der Waals surface area contributed by atoms with Gasteiger partial charge in [-0.1, -0.05) is 104 Å². The Morgan fingerprint density at radius 3 is 2.14 bits per heavy atom. The number of allylic oxidation sites excluding steroid dienone is 6. The summed E-state index contributed by atoms with van der Waals surface area (Å²) in [5.41, 5.74) is 14.2. The Hall–Kier alpha value is -4.69. The first kappa shape index (κ1) is 22.8. The lowest BCUT2D eigenvalue weighted by Gasteiger charge is -2.20. The van der Waals surface area contributed by atoms with E-state index in [1.165, 1.54) is 50.2 Å². The predicted molar refractivity (Wildman–Crippen MR) is 157 cm³/mol. The molecule has 2 heteroatoms. The molecule has 0 saturated carbocycles. The number of hydrogen-bond donors (Lipinski definition) is 1. The Labute approximate surface area is 218 Å². The Kier molecular flexibility index (Phi) is 6.00. The number of benzene rings is 3. The van der Waals surface area contributed by atoms with Crippen molar-refractivity contribution in [2.24, 2.45) is 4.99 Å². The summed E-state index contributed by atoms with van der Waals surface area (Å²) in [6.45, 7) is 6.66. The number of nitrogens with one attached hydrogen (secondary N) is 1. The van der Waals surface area contributed by atoms with Crippen LogP contribution in [0.25, 0.3) is 27.8 Å². The molecule has 2 heterocycles. The number of aromatic nitrogens is 1. The van der Waals surface area contributed by atoms with Crippen molar-refractivity contribution in [2.45, 2.75) is 13.3 Å². The third-order valence-corrected chi connectivity index (χ3v) is 7.16. The van der Waals surface area contributed by atoms with E-state index in [4.69, 9.17) is 0 Å². The molecular weight excluding hydrogens is 448 g/mol. The molecule has 0 bridgehead atoms. The average molecular weight is 477 g/mol. The summed E-state index contributed by atoms with van der Waals surface area (Å²) in [6, 6.07) is 28.3. The maximum atomic E-state index is 4.56. The van der Waals surface area contributed by atoms with Gasteiger partial charge in [-0.15, -0.1) is 0 Å². The first-order valence-corrected chi connectivity index (χ1v) is 12.6. The smallest absolute Gasteiger partial charge is 0.0362 e. The first-order valence-electron chi connectivity index (χ1n) is 12.6. The van der Waals surface area contributed by atoms with Crippen molar-refractivity contribution in [3.05, 3.63) is 161 Å². The van der Waals surface area contributed by atoms with Gasteiger partial charge in [-0.2, -0.15) is 0 Å². The minimum atomic E-state index is 0.900. The molecule has 4 aromatic rings. The Bertz CT molecular complexity index is 1630. The minimum Gasteiger partial charge on any atom is -0.365 e. The third-order valence-electron chi connectivity index (χ3n) is 7.16. The van der Waals surface area contributed by atoms with Crippen LogP contribution >= 0.6 is 0 Å². The Morgan fingerprint density at radius 2 is 1.51 bits per heavy atom. The van der Waals surface area contributed by atoms with Crippen LogP contribution in [0.5, 0.6) is 0 Å². The minimum absolute atomic E-state index is 0.900. The number of rotatable bonds is 6. The highest BCUT2D eigenvalue weighted by atomic mass is 14.7. The number of nitrogens with zero attached hydrogens (tertiary/aromatic N) is 1. The molecule has 2 aliphatic rings. The zero-order valence-corrected chi connectivity index (χ0v) is 20.9. The van der Waals surface area contributed by atoms with Crippen molar-refractivity contribution in [2.75, 3.05) is 0 Å². The lowest BCUT2D eigenvalue weighted by atomic mass is 9.84. The van der Waals surface area contributed by atoms with Gasteiger partial charge < -0.3 is 4.98 Å². The normalized spacial score (nSPS) is 15.3. The van der Waals surface area contributed by atoms with E-state index in [-0.39, 0.29) is 0 Å². The summed E-state index contributed by atoms with van der Waals surface area (Å²) in [4.78, 5) is 7.38. The van der Waals surface area contributed by atoms with E-state index in [9.17, 15) is 0 Å². The van der Waals surface area contributed by atoms with Gasteiger partial charge in [-0.25, -0.2) is 0 Å². The first-order chi connectivity index (χ1) is 18.2. The van der Waals surface area contributed by atoms with Gasteiger partial charge in [0.05, 0.1) is 0 Å². The van der Waals surface area contributed by atoms with E-state index < -0.39 is 0 Å². The zero-order chi connectivity index (χ0) is 25.2. The van der Waals surface area contributed by atoms with Crippen molar-refractivity contribution in [1.29, 1.82) is 0 Å². The fraction of sp³-hybridized carbons (Fsp3) is 0.0571. The molecular formula is C35H28N2. The van der Waals surface area contributed by atoms with E-state index in [1.54, 1.807) is 0 Å². The van der Waals surface area contributed by atoms with Gasteiger partial charge in [-0.05, 0) is 69.5 Å². The van der Waals surface area contributed by atoms with E-state index in [0.29, 0.717) is 0 Å². The maximum absolute atomic E-state index is 4.56. The van der Waals surface area contributed by atoms with Crippen molar-refractivity contribution >= 4 is 22.9 Å². The monoisotopic (exact) mass is 476 g/mol. The lowest BCUT2D eigenvalue weighted by molar-refractivity contribution is 1.26. The second-order valence-electron chi connectivity index (χ2n) is 9.45. The lowest BCUT2D eigenvalue weighted by Crippen LogP contribution is -2.00. The molecule has 3 aromatic carbocycles. The number of aryl methyl sites for hydroxylation is 1. The van der Waals surface area contributed by atoms with Gasteiger partial charge in [0.15, 0.2) is 0 Å². The quantitative estimate of drug-likeness (QED) is 0.288. The van der Waals surface area contributed by atoms with Crippen LogP contribution in [0.1, 0.15) is 39.9 Å². The number of hydrogen-bond acceptors (Lipinski definition) is 1. The van der Waals surface area contributed by atoms with E-state index in [1.807, 2.05) is 18.6 Å². The van der Waals surface area contributed by atoms with Gasteiger partial charge in [-0.3, -0.25) is 4.99 Å². The molecule has 0 saturated heterocycles. The van der Waals surface area contributed by atoms with Crippen molar-refractivity contribution in [3.8, 4) is 11.1 Å². The van der Waals surface area contributed by atoms with Crippen molar-refractivity contribution in [3.63, 3.8) is 0 Å². The molecule has 6 rings (SSSR count). The van der Waals surface area contributed by atoms with Crippen LogP contribution in [-0.2, 0) is 0 Å². The highest BCUT2D eigenvalue weighted by Gasteiger charge is 2.17. The fourth-order valence-corrected chi connectivity index (χ4v) is 5.08. The second kappa shape index (κ2) is 9.75. The fourth-order valence-electron chi connectivity index (χ4n) is 5.08. The van der Waals surface area contributed by atoms with Crippen LogP contribution < -0.4 is 0 Å². The number of aliphatic imine (C=N–C) groups is 1. The molecule has 1 aliphatic carbocycles. The predicted octanol–water partition coefficient (Wildman–Crippen LogP) is 8.79. The summed E-state index contributed by atoms with van der Waals surface area (Å²) < 4.78 is 0. The Morgan fingerprint density at radius 1 is 0.811 bits per heavy atom. The summed E-state index contributed by atoms with van der Waals surface area (Å²) in [5.74, 6) is 0. The Balaban J connectivity index is 1.41. The van der Waals surface area contributed by atoms with Gasteiger partial charge in [0.2, 0.25) is 0 Å². The SMILES string of the molecule is C=C(c1ccc(-c2cc[nH]c2C)cc1)c1ccccc1/C(=C1/C=CC=CC1)c1ccc(C2=CN=C2)cc1. The molecule has 0 spiro atoms. The summed E-state index contributed by atoms with van der Waals surface area (Å²) >= 11 is 0. The topological polar surface area (TPSA) is 28.1 Å². The highest BCUT2D eigenvalue weighted by molar-refractivity contribution is 6.14. The van der Waals surface area contributed by atoms with Crippen LogP contribution in [-0.4, -0.2) is 11.2 Å². The molecule has 0 atom stereocenters. The molecule has 178 valence electrons. The van der Waals surface area contributed by atoms with Crippen molar-refractivity contribution < 1.29 is 0 Å². The molecule has 0 fully saturated rings.